The van der Waals surface area contributed by atoms with Gasteiger partial charge in [-0.1, -0.05) is 79.5 Å². The lowest BCUT2D eigenvalue weighted by Gasteiger charge is -2.44. The molecule has 8 heteroatoms. The maximum atomic E-state index is 14.0. The van der Waals surface area contributed by atoms with Crippen molar-refractivity contribution in [2.24, 2.45) is 11.8 Å². The van der Waals surface area contributed by atoms with Crippen LogP contribution in [0.2, 0.25) is 10.0 Å². The van der Waals surface area contributed by atoms with Gasteiger partial charge in [0.25, 0.3) is 0 Å². The summed E-state index contributed by atoms with van der Waals surface area (Å²) in [6, 6.07) is 19.5. The molecule has 39 heavy (non-hydrogen) atoms. The monoisotopic (exact) mass is 566 g/mol. The summed E-state index contributed by atoms with van der Waals surface area (Å²) in [5.74, 6) is -5.02. The van der Waals surface area contributed by atoms with Crippen molar-refractivity contribution in [2.45, 2.75) is 51.6 Å². The first-order valence-electron chi connectivity index (χ1n) is 13.0. The molecule has 0 radical (unpaired) electrons. The summed E-state index contributed by atoms with van der Waals surface area (Å²) in [6.45, 7) is 5.40. The highest BCUT2D eigenvalue weighted by atomic mass is 35.5. The van der Waals surface area contributed by atoms with Crippen molar-refractivity contribution in [2.75, 3.05) is 10.6 Å². The predicted octanol–water partition coefficient (Wildman–Crippen LogP) is 6.44. The zero-order valence-electron chi connectivity index (χ0n) is 22.1. The number of carbonyl (C=O) groups excluding carboxylic acids is 3. The third-order valence-corrected chi connectivity index (χ3v) is 8.03. The number of nitrogens with one attached hydrogen (secondary N) is 2. The molecule has 3 N–H and O–H groups in total. The Morgan fingerprint density at radius 3 is 1.97 bits per heavy atom. The van der Waals surface area contributed by atoms with E-state index in [0.29, 0.717) is 34.8 Å². The van der Waals surface area contributed by atoms with Gasteiger partial charge in [-0.25, -0.2) is 0 Å². The summed E-state index contributed by atoms with van der Waals surface area (Å²) in [4.78, 5) is 41.4. The van der Waals surface area contributed by atoms with Gasteiger partial charge in [0.2, 0.25) is 11.8 Å². The highest BCUT2D eigenvalue weighted by molar-refractivity contribution is 6.35. The van der Waals surface area contributed by atoms with Gasteiger partial charge in [-0.15, -0.1) is 0 Å². The molecule has 1 saturated carbocycles. The van der Waals surface area contributed by atoms with Crippen LogP contribution in [-0.2, 0) is 27.2 Å². The van der Waals surface area contributed by atoms with Crippen molar-refractivity contribution in [3.8, 4) is 0 Å². The quantitative estimate of drug-likeness (QED) is 0.287. The van der Waals surface area contributed by atoms with E-state index in [0.717, 1.165) is 11.1 Å². The second kappa shape index (κ2) is 11.9. The molecular weight excluding hydrogens is 535 g/mol. The topological polar surface area (TPSA) is 95.5 Å². The second-order valence-corrected chi connectivity index (χ2v) is 11.0. The molecule has 0 aliphatic heterocycles. The smallest absolute Gasteiger partial charge is 0.235 e. The molecule has 0 heterocycles. The summed E-state index contributed by atoms with van der Waals surface area (Å²) < 4.78 is 0. The van der Waals surface area contributed by atoms with Gasteiger partial charge in [-0.05, 0) is 60.7 Å². The van der Waals surface area contributed by atoms with Crippen LogP contribution in [0.15, 0.2) is 66.7 Å². The van der Waals surface area contributed by atoms with E-state index in [1.165, 1.54) is 13.0 Å². The number of aliphatic hydroxyl groups is 1. The Bertz CT molecular complexity index is 1400. The lowest BCUT2D eigenvalue weighted by molar-refractivity contribution is -0.150. The van der Waals surface area contributed by atoms with Gasteiger partial charge in [0.05, 0.1) is 11.5 Å². The summed E-state index contributed by atoms with van der Waals surface area (Å²) in [6.07, 6.45) is 0.998. The van der Waals surface area contributed by atoms with Crippen LogP contribution in [0.25, 0.3) is 0 Å². The molecule has 204 valence electrons. The molecule has 4 rings (SSSR count). The Hall–Kier alpha value is -3.19. The van der Waals surface area contributed by atoms with Crippen molar-refractivity contribution < 1.29 is 19.5 Å². The normalized spacial score (nSPS) is 22.8. The lowest BCUT2D eigenvalue weighted by atomic mass is 9.61. The van der Waals surface area contributed by atoms with Crippen LogP contribution in [0, 0.1) is 11.8 Å². The van der Waals surface area contributed by atoms with E-state index in [4.69, 9.17) is 23.2 Å². The lowest BCUT2D eigenvalue weighted by Crippen LogP contribution is -2.56. The minimum Gasteiger partial charge on any atom is -0.389 e. The predicted molar refractivity (Wildman–Crippen MR) is 155 cm³/mol. The summed E-state index contributed by atoms with van der Waals surface area (Å²) >= 11 is 12.8. The average Bonchev–Trinajstić information content (AvgIpc) is 2.88. The van der Waals surface area contributed by atoms with Gasteiger partial charge in [0.1, 0.15) is 11.7 Å². The van der Waals surface area contributed by atoms with E-state index in [-0.39, 0.29) is 11.4 Å². The summed E-state index contributed by atoms with van der Waals surface area (Å²) in [5, 5.41) is 18.0. The fourth-order valence-electron chi connectivity index (χ4n) is 5.56. The van der Waals surface area contributed by atoms with Crippen molar-refractivity contribution in [3.05, 3.63) is 93.5 Å². The second-order valence-electron chi connectivity index (χ2n) is 10.1. The van der Waals surface area contributed by atoms with Crippen LogP contribution < -0.4 is 10.6 Å². The Morgan fingerprint density at radius 1 is 0.897 bits per heavy atom. The third-order valence-electron chi connectivity index (χ3n) is 7.47. The molecule has 3 aromatic rings. The Balaban J connectivity index is 1.82. The zero-order valence-corrected chi connectivity index (χ0v) is 23.6. The molecule has 2 amide bonds. The number of anilines is 2. The fourth-order valence-corrected chi connectivity index (χ4v) is 6.09. The van der Waals surface area contributed by atoms with Crippen molar-refractivity contribution >= 4 is 52.2 Å². The minimum atomic E-state index is -1.74. The Kier molecular flexibility index (Phi) is 8.80. The van der Waals surface area contributed by atoms with Crippen LogP contribution in [0.5, 0.6) is 0 Å². The highest BCUT2D eigenvalue weighted by Crippen LogP contribution is 2.48. The van der Waals surface area contributed by atoms with E-state index in [1.54, 1.807) is 30.3 Å². The molecule has 1 fully saturated rings. The first-order valence-corrected chi connectivity index (χ1v) is 13.8. The average molecular weight is 568 g/mol. The molecule has 1 aliphatic rings. The number of amides is 2. The van der Waals surface area contributed by atoms with Gasteiger partial charge in [0.15, 0.2) is 0 Å². The number of hydrogen-bond donors (Lipinski definition) is 3. The SMILES string of the molecule is CCc1ccccc1NC(=O)C1C(=O)CC(C)(O)C(C(=O)Nc2ccccc2CC)C1c1ccc(Cl)cc1Cl. The number of aryl methyl sites for hydroxylation is 2. The molecular formula is C31H32Cl2N2O4. The zero-order chi connectivity index (χ0) is 28.3. The highest BCUT2D eigenvalue weighted by Gasteiger charge is 2.56. The number of para-hydroxylation sites is 2. The van der Waals surface area contributed by atoms with Crippen LogP contribution >= 0.6 is 23.2 Å². The molecule has 6 nitrogen and oxygen atoms in total. The van der Waals surface area contributed by atoms with Gasteiger partial charge in [0, 0.05) is 33.8 Å². The molecule has 1 aliphatic carbocycles. The maximum absolute atomic E-state index is 14.0. The number of Topliss-reactive ketones (excluding diaryl/α,β-unsaturated/α-hetero) is 1. The maximum Gasteiger partial charge on any atom is 0.235 e. The number of carbonyl (C=O) groups is 3. The standard InChI is InChI=1S/C31H32Cl2N2O4/c1-4-18-10-6-8-12-23(18)34-29(37)27-25(36)17-31(3,39)28(26(27)21-15-14-20(32)16-22(21)33)30(38)35-24-13-9-7-11-19(24)5-2/h6-16,26-28,39H,4-5,17H2,1-3H3,(H,34,37)(H,35,38). The molecule has 3 aromatic carbocycles. The third kappa shape index (κ3) is 6.03. The molecule has 0 bridgehead atoms. The number of benzene rings is 3. The van der Waals surface area contributed by atoms with Crippen molar-refractivity contribution in [1.29, 1.82) is 0 Å². The van der Waals surface area contributed by atoms with E-state index >= 15 is 0 Å². The van der Waals surface area contributed by atoms with Gasteiger partial charge >= 0.3 is 0 Å². The Labute approximate surface area is 238 Å². The summed E-state index contributed by atoms with van der Waals surface area (Å²) in [5.41, 5.74) is 1.68. The van der Waals surface area contributed by atoms with Crippen LogP contribution in [0.3, 0.4) is 0 Å². The van der Waals surface area contributed by atoms with Crippen molar-refractivity contribution in [3.63, 3.8) is 0 Å². The summed E-state index contributed by atoms with van der Waals surface area (Å²) in [7, 11) is 0. The number of halogens is 2. The minimum absolute atomic E-state index is 0.205. The first kappa shape index (κ1) is 28.8. The molecule has 4 atom stereocenters. The number of hydrogen-bond acceptors (Lipinski definition) is 4. The number of ketones is 1. The molecule has 0 spiro atoms. The molecule has 4 unspecified atom stereocenters. The largest absolute Gasteiger partial charge is 0.389 e. The van der Waals surface area contributed by atoms with Gasteiger partial charge in [-0.3, -0.25) is 14.4 Å². The Morgan fingerprint density at radius 2 is 1.44 bits per heavy atom. The van der Waals surface area contributed by atoms with E-state index in [9.17, 15) is 19.5 Å². The molecule has 0 saturated heterocycles. The van der Waals surface area contributed by atoms with Gasteiger partial charge in [-0.2, -0.15) is 0 Å². The molecule has 0 aromatic heterocycles. The van der Waals surface area contributed by atoms with Crippen LogP contribution in [0.1, 0.15) is 49.8 Å². The first-order chi connectivity index (χ1) is 18.6. The number of rotatable bonds is 7. The van der Waals surface area contributed by atoms with Crippen LogP contribution in [-0.4, -0.2) is 28.3 Å². The fraction of sp³-hybridized carbons (Fsp3) is 0.323. The van der Waals surface area contributed by atoms with Crippen LogP contribution in [0.4, 0.5) is 11.4 Å². The van der Waals surface area contributed by atoms with E-state index in [1.807, 2.05) is 44.2 Å². The van der Waals surface area contributed by atoms with Gasteiger partial charge < -0.3 is 15.7 Å². The van der Waals surface area contributed by atoms with E-state index < -0.39 is 41.0 Å². The van der Waals surface area contributed by atoms with E-state index in [2.05, 4.69) is 10.6 Å². The van der Waals surface area contributed by atoms with Crippen molar-refractivity contribution in [1.82, 2.24) is 0 Å².